The maximum absolute atomic E-state index is 10.6. The molecule has 1 saturated carbocycles. The lowest BCUT2D eigenvalue weighted by Crippen LogP contribution is -2.34. The Bertz CT molecular complexity index is 1060. The van der Waals surface area contributed by atoms with Crippen molar-refractivity contribution in [1.82, 2.24) is 14.7 Å². The first-order valence-electron chi connectivity index (χ1n) is 11.6. The summed E-state index contributed by atoms with van der Waals surface area (Å²) in [5.74, 6) is 2.12. The number of allylic oxidation sites excluding steroid dienone is 1. The van der Waals surface area contributed by atoms with Crippen molar-refractivity contribution in [3.8, 4) is 23.1 Å². The van der Waals surface area contributed by atoms with Gasteiger partial charge >= 0.3 is 0 Å². The molecule has 33 heavy (non-hydrogen) atoms. The molecule has 6 heteroatoms. The molecule has 1 heterocycles. The van der Waals surface area contributed by atoms with Gasteiger partial charge in [-0.05, 0) is 56.9 Å². The van der Waals surface area contributed by atoms with Crippen LogP contribution < -0.4 is 9.47 Å². The van der Waals surface area contributed by atoms with Crippen LogP contribution in [0, 0.1) is 6.92 Å². The van der Waals surface area contributed by atoms with E-state index in [2.05, 4.69) is 11.5 Å². The van der Waals surface area contributed by atoms with Crippen LogP contribution in [0.4, 0.5) is 0 Å². The second-order valence-corrected chi connectivity index (χ2v) is 8.58. The quantitative estimate of drug-likeness (QED) is 0.383. The number of rotatable bonds is 12. The topological polar surface area (TPSA) is 59.8 Å². The highest BCUT2D eigenvalue weighted by atomic mass is 16.5. The molecule has 0 spiro atoms. The normalized spacial score (nSPS) is 14.3. The van der Waals surface area contributed by atoms with E-state index in [1.54, 1.807) is 7.11 Å². The lowest BCUT2D eigenvalue weighted by Gasteiger charge is -2.25. The standard InChI is InChI=1S/C27H33N3O3/c1-4-5-12-23(31)18-29(21-15-16-21)19-26-20(2)28-30(22-10-7-6-8-11-22)27(26)33-25-14-9-13-24(17-25)32-3/h4,6-11,13-14,17,21,23,31H,1,5,12,15-16,18-19H2,2-3H3/t23-/m0/s1. The Kier molecular flexibility index (Phi) is 7.47. The summed E-state index contributed by atoms with van der Waals surface area (Å²) in [6, 6.07) is 18.1. The summed E-state index contributed by atoms with van der Waals surface area (Å²) in [7, 11) is 1.65. The lowest BCUT2D eigenvalue weighted by atomic mass is 10.1. The van der Waals surface area contributed by atoms with Crippen LogP contribution in [0.15, 0.2) is 67.3 Å². The van der Waals surface area contributed by atoms with E-state index in [0.717, 1.165) is 48.4 Å². The second-order valence-electron chi connectivity index (χ2n) is 8.58. The average molecular weight is 448 g/mol. The third-order valence-electron chi connectivity index (χ3n) is 5.97. The van der Waals surface area contributed by atoms with Crippen LogP contribution in [-0.4, -0.2) is 45.6 Å². The zero-order chi connectivity index (χ0) is 23.2. The number of benzene rings is 2. The minimum Gasteiger partial charge on any atom is -0.497 e. The number of nitrogens with zero attached hydrogens (tertiary/aromatic N) is 3. The molecule has 1 atom stereocenters. The zero-order valence-corrected chi connectivity index (χ0v) is 19.5. The fourth-order valence-electron chi connectivity index (χ4n) is 4.00. The van der Waals surface area contributed by atoms with Crippen molar-refractivity contribution < 1.29 is 14.6 Å². The van der Waals surface area contributed by atoms with Crippen LogP contribution in [0.1, 0.15) is 36.9 Å². The van der Waals surface area contributed by atoms with Gasteiger partial charge in [0.15, 0.2) is 0 Å². The van der Waals surface area contributed by atoms with E-state index < -0.39 is 0 Å². The largest absolute Gasteiger partial charge is 0.497 e. The molecule has 0 amide bonds. The fourth-order valence-corrected chi connectivity index (χ4v) is 4.00. The van der Waals surface area contributed by atoms with Crippen molar-refractivity contribution in [2.45, 2.75) is 51.3 Å². The highest BCUT2D eigenvalue weighted by Crippen LogP contribution is 2.35. The first-order valence-corrected chi connectivity index (χ1v) is 11.6. The monoisotopic (exact) mass is 447 g/mol. The van der Waals surface area contributed by atoms with Crippen LogP contribution in [0.5, 0.6) is 17.4 Å². The van der Waals surface area contributed by atoms with Crippen LogP contribution >= 0.6 is 0 Å². The Morgan fingerprint density at radius 1 is 1.18 bits per heavy atom. The van der Waals surface area contributed by atoms with E-state index in [4.69, 9.17) is 14.6 Å². The summed E-state index contributed by atoms with van der Waals surface area (Å²) in [6.45, 7) is 7.10. The average Bonchev–Trinajstić information content (AvgIpc) is 3.64. The van der Waals surface area contributed by atoms with Crippen molar-refractivity contribution in [2.75, 3.05) is 13.7 Å². The van der Waals surface area contributed by atoms with Gasteiger partial charge in [0.25, 0.3) is 0 Å². The maximum Gasteiger partial charge on any atom is 0.227 e. The second kappa shape index (κ2) is 10.7. The number of para-hydroxylation sites is 1. The Morgan fingerprint density at radius 3 is 2.64 bits per heavy atom. The molecule has 6 nitrogen and oxygen atoms in total. The number of aromatic nitrogens is 2. The molecule has 1 aliphatic carbocycles. The van der Waals surface area contributed by atoms with Crippen LogP contribution in [0.2, 0.25) is 0 Å². The van der Waals surface area contributed by atoms with Crippen LogP contribution in [0.3, 0.4) is 0 Å². The molecule has 4 rings (SSSR count). The van der Waals surface area contributed by atoms with Crippen molar-refractivity contribution in [3.05, 3.63) is 78.5 Å². The van der Waals surface area contributed by atoms with E-state index >= 15 is 0 Å². The van der Waals surface area contributed by atoms with Crippen LogP contribution in [-0.2, 0) is 6.54 Å². The van der Waals surface area contributed by atoms with Gasteiger partial charge in [-0.2, -0.15) is 5.10 Å². The first kappa shape index (κ1) is 23.1. The van der Waals surface area contributed by atoms with Gasteiger partial charge in [0.1, 0.15) is 11.5 Å². The van der Waals surface area contributed by atoms with Crippen molar-refractivity contribution in [1.29, 1.82) is 0 Å². The molecule has 174 valence electrons. The highest BCUT2D eigenvalue weighted by Gasteiger charge is 2.32. The third-order valence-corrected chi connectivity index (χ3v) is 5.97. The smallest absolute Gasteiger partial charge is 0.227 e. The van der Waals surface area contributed by atoms with E-state index in [9.17, 15) is 5.11 Å². The highest BCUT2D eigenvalue weighted by molar-refractivity contribution is 5.44. The summed E-state index contributed by atoms with van der Waals surface area (Å²) in [5, 5.41) is 15.4. The molecule has 3 aromatic rings. The summed E-state index contributed by atoms with van der Waals surface area (Å²) in [5.41, 5.74) is 2.89. The van der Waals surface area contributed by atoms with Crippen molar-refractivity contribution in [3.63, 3.8) is 0 Å². The van der Waals surface area contributed by atoms with Crippen LogP contribution in [0.25, 0.3) is 5.69 Å². The minimum absolute atomic E-state index is 0.379. The van der Waals surface area contributed by atoms with Crippen molar-refractivity contribution >= 4 is 0 Å². The predicted molar refractivity (Wildman–Crippen MR) is 130 cm³/mol. The molecule has 1 fully saturated rings. The van der Waals surface area contributed by atoms with Gasteiger partial charge < -0.3 is 14.6 Å². The molecule has 2 aromatic carbocycles. The molecular formula is C27H33N3O3. The van der Waals surface area contributed by atoms with Gasteiger partial charge in [-0.25, -0.2) is 4.68 Å². The molecule has 0 radical (unpaired) electrons. The summed E-state index contributed by atoms with van der Waals surface area (Å²) >= 11 is 0. The number of aliphatic hydroxyl groups excluding tert-OH is 1. The predicted octanol–water partition coefficient (Wildman–Crippen LogP) is 5.27. The Balaban J connectivity index is 1.67. The van der Waals surface area contributed by atoms with E-state index in [-0.39, 0.29) is 6.10 Å². The number of hydrogen-bond acceptors (Lipinski definition) is 5. The molecule has 1 aliphatic rings. The third kappa shape index (κ3) is 5.83. The van der Waals surface area contributed by atoms with Gasteiger partial charge in [0.05, 0.1) is 30.2 Å². The Morgan fingerprint density at radius 2 is 1.94 bits per heavy atom. The number of aryl methyl sites for hydroxylation is 1. The summed E-state index contributed by atoms with van der Waals surface area (Å²) in [4.78, 5) is 2.37. The molecule has 1 N–H and O–H groups in total. The molecule has 0 unspecified atom stereocenters. The summed E-state index contributed by atoms with van der Waals surface area (Å²) in [6.07, 6.45) is 5.34. The van der Waals surface area contributed by atoms with E-state index in [1.165, 1.54) is 0 Å². The zero-order valence-electron chi connectivity index (χ0n) is 19.5. The van der Waals surface area contributed by atoms with E-state index in [0.29, 0.717) is 30.8 Å². The SMILES string of the molecule is C=CCC[C@H](O)CN(Cc1c(C)nn(-c2ccccc2)c1Oc1cccc(OC)c1)C1CC1. The molecule has 0 aliphatic heterocycles. The minimum atomic E-state index is -0.379. The van der Waals surface area contributed by atoms with Crippen molar-refractivity contribution in [2.24, 2.45) is 0 Å². The molecular weight excluding hydrogens is 414 g/mol. The molecule has 0 saturated heterocycles. The number of aliphatic hydroxyl groups is 1. The molecule has 0 bridgehead atoms. The van der Waals surface area contributed by atoms with Gasteiger partial charge in [-0.3, -0.25) is 4.90 Å². The van der Waals surface area contributed by atoms with Gasteiger partial charge in [-0.1, -0.05) is 30.3 Å². The van der Waals surface area contributed by atoms with E-state index in [1.807, 2.05) is 72.3 Å². The lowest BCUT2D eigenvalue weighted by molar-refractivity contribution is 0.0975. The Hall–Kier alpha value is -3.09. The number of ether oxygens (including phenoxy) is 2. The summed E-state index contributed by atoms with van der Waals surface area (Å²) < 4.78 is 13.7. The maximum atomic E-state index is 10.6. The van der Waals surface area contributed by atoms with Gasteiger partial charge in [0.2, 0.25) is 5.88 Å². The van der Waals surface area contributed by atoms with Gasteiger partial charge in [-0.15, -0.1) is 6.58 Å². The molecule has 1 aromatic heterocycles. The first-order chi connectivity index (χ1) is 16.1. The number of methoxy groups -OCH3 is 1. The Labute approximate surface area is 196 Å². The number of hydrogen-bond donors (Lipinski definition) is 1. The fraction of sp³-hybridized carbons (Fsp3) is 0.370. The van der Waals surface area contributed by atoms with Gasteiger partial charge in [0, 0.05) is 25.2 Å².